The van der Waals surface area contributed by atoms with Crippen LogP contribution in [0, 0.1) is 5.92 Å². The lowest BCUT2D eigenvalue weighted by atomic mass is 9.93. The number of carboxylic acids is 1. The summed E-state index contributed by atoms with van der Waals surface area (Å²) >= 11 is 6.05. The van der Waals surface area contributed by atoms with Crippen LogP contribution >= 0.6 is 11.6 Å². The molecule has 1 aliphatic rings. The quantitative estimate of drug-likeness (QED) is 0.753. The molecule has 27 heavy (non-hydrogen) atoms. The molecule has 2 unspecified atom stereocenters. The van der Waals surface area contributed by atoms with Gasteiger partial charge in [0.1, 0.15) is 12.2 Å². The number of likely N-dealkylation sites (tertiary alicyclic amines) is 1. The SMILES string of the molecule is CN1C(=O)CC(C(=O)NCc2cn(CC(=O)O)nn2)C1c1cccc(Cl)c1. The first-order valence-electron chi connectivity index (χ1n) is 8.25. The number of carbonyl (C=O) groups excluding carboxylic acids is 2. The normalized spacial score (nSPS) is 19.3. The number of nitrogens with zero attached hydrogens (tertiary/aromatic N) is 4. The van der Waals surface area contributed by atoms with Crippen LogP contribution in [0.4, 0.5) is 0 Å². The van der Waals surface area contributed by atoms with Gasteiger partial charge in [0.05, 0.1) is 24.7 Å². The Morgan fingerprint density at radius 1 is 1.41 bits per heavy atom. The van der Waals surface area contributed by atoms with Gasteiger partial charge in [-0.2, -0.15) is 0 Å². The highest BCUT2D eigenvalue weighted by molar-refractivity contribution is 6.30. The van der Waals surface area contributed by atoms with Crippen LogP contribution in [0.1, 0.15) is 23.7 Å². The zero-order valence-corrected chi connectivity index (χ0v) is 15.3. The van der Waals surface area contributed by atoms with E-state index in [9.17, 15) is 14.4 Å². The van der Waals surface area contributed by atoms with Gasteiger partial charge in [-0.25, -0.2) is 4.68 Å². The van der Waals surface area contributed by atoms with E-state index >= 15 is 0 Å². The molecule has 0 aliphatic carbocycles. The first-order chi connectivity index (χ1) is 12.8. The Balaban J connectivity index is 1.70. The van der Waals surface area contributed by atoms with Crippen LogP contribution in [-0.4, -0.2) is 49.8 Å². The number of hydrogen-bond donors (Lipinski definition) is 2. The molecule has 9 nitrogen and oxygen atoms in total. The van der Waals surface area contributed by atoms with Crippen molar-refractivity contribution < 1.29 is 19.5 Å². The molecule has 0 saturated carbocycles. The molecule has 2 aromatic rings. The number of halogens is 1. The third-order valence-corrected chi connectivity index (χ3v) is 4.68. The molecule has 0 spiro atoms. The lowest BCUT2D eigenvalue weighted by Gasteiger charge is -2.25. The van der Waals surface area contributed by atoms with E-state index < -0.39 is 17.9 Å². The Labute approximate surface area is 159 Å². The van der Waals surface area contributed by atoms with Gasteiger partial charge in [0, 0.05) is 18.5 Å². The Hall–Kier alpha value is -2.94. The largest absolute Gasteiger partial charge is 0.480 e. The molecule has 142 valence electrons. The fourth-order valence-electron chi connectivity index (χ4n) is 3.20. The van der Waals surface area contributed by atoms with Crippen LogP contribution in [0.2, 0.25) is 5.02 Å². The predicted octanol–water partition coefficient (Wildman–Crippen LogP) is 0.852. The molecule has 2 amide bonds. The van der Waals surface area contributed by atoms with E-state index in [1.165, 1.54) is 10.9 Å². The molecule has 1 aromatic carbocycles. The monoisotopic (exact) mass is 391 g/mol. The summed E-state index contributed by atoms with van der Waals surface area (Å²) in [7, 11) is 1.67. The average molecular weight is 392 g/mol. The summed E-state index contributed by atoms with van der Waals surface area (Å²) in [6.45, 7) is -0.213. The average Bonchev–Trinajstić information content (AvgIpc) is 3.17. The third kappa shape index (κ3) is 4.25. The summed E-state index contributed by atoms with van der Waals surface area (Å²) in [5.41, 5.74) is 1.23. The highest BCUT2D eigenvalue weighted by atomic mass is 35.5. The first kappa shape index (κ1) is 18.8. The van der Waals surface area contributed by atoms with E-state index in [2.05, 4.69) is 15.6 Å². The van der Waals surface area contributed by atoms with E-state index in [1.54, 1.807) is 30.1 Å². The van der Waals surface area contributed by atoms with Gasteiger partial charge in [0.2, 0.25) is 11.8 Å². The smallest absolute Gasteiger partial charge is 0.325 e. The zero-order chi connectivity index (χ0) is 19.6. The predicted molar refractivity (Wildman–Crippen MR) is 94.6 cm³/mol. The second kappa shape index (κ2) is 7.75. The van der Waals surface area contributed by atoms with Gasteiger partial charge in [-0.05, 0) is 17.7 Å². The summed E-state index contributed by atoms with van der Waals surface area (Å²) in [6.07, 6.45) is 1.56. The van der Waals surface area contributed by atoms with Crippen molar-refractivity contribution in [2.24, 2.45) is 5.92 Å². The molecule has 1 saturated heterocycles. The Bertz CT molecular complexity index is 884. The van der Waals surface area contributed by atoms with Gasteiger partial charge in [-0.3, -0.25) is 14.4 Å². The maximum Gasteiger partial charge on any atom is 0.325 e. The number of amides is 2. The maximum atomic E-state index is 12.7. The molecule has 3 rings (SSSR count). The van der Waals surface area contributed by atoms with Gasteiger partial charge in [0.25, 0.3) is 0 Å². The highest BCUT2D eigenvalue weighted by Gasteiger charge is 2.42. The van der Waals surface area contributed by atoms with E-state index in [1.807, 2.05) is 6.07 Å². The van der Waals surface area contributed by atoms with Crippen molar-refractivity contribution in [1.82, 2.24) is 25.2 Å². The van der Waals surface area contributed by atoms with Crippen LogP contribution in [0.15, 0.2) is 30.5 Å². The summed E-state index contributed by atoms with van der Waals surface area (Å²) in [6, 6.07) is 6.70. The summed E-state index contributed by atoms with van der Waals surface area (Å²) < 4.78 is 1.17. The van der Waals surface area contributed by atoms with Crippen LogP contribution < -0.4 is 5.32 Å². The van der Waals surface area contributed by atoms with Crippen molar-refractivity contribution in [3.05, 3.63) is 46.7 Å². The van der Waals surface area contributed by atoms with Crippen LogP contribution in [0.3, 0.4) is 0 Å². The topological polar surface area (TPSA) is 117 Å². The standard InChI is InChI=1S/C17H18ClN5O4/c1-22-14(24)6-13(16(22)10-3-2-4-11(18)5-10)17(27)19-7-12-8-23(21-20-12)9-15(25)26/h2-5,8,13,16H,6-7,9H2,1H3,(H,19,27)(H,25,26). The lowest BCUT2D eigenvalue weighted by Crippen LogP contribution is -2.34. The fraction of sp³-hybridized carbons (Fsp3) is 0.353. The van der Waals surface area contributed by atoms with Crippen molar-refractivity contribution in [3.8, 4) is 0 Å². The molecule has 10 heteroatoms. The number of aromatic nitrogens is 3. The second-order valence-corrected chi connectivity index (χ2v) is 6.77. The number of nitrogens with one attached hydrogen (secondary N) is 1. The molecular weight excluding hydrogens is 374 g/mol. The molecular formula is C17H18ClN5O4. The van der Waals surface area contributed by atoms with E-state index in [0.29, 0.717) is 10.7 Å². The van der Waals surface area contributed by atoms with Crippen molar-refractivity contribution in [3.63, 3.8) is 0 Å². The highest BCUT2D eigenvalue weighted by Crippen LogP contribution is 2.37. The molecule has 1 fully saturated rings. The van der Waals surface area contributed by atoms with Crippen molar-refractivity contribution in [2.75, 3.05) is 7.05 Å². The molecule has 0 bridgehead atoms. The van der Waals surface area contributed by atoms with Crippen molar-refractivity contribution in [1.29, 1.82) is 0 Å². The second-order valence-electron chi connectivity index (χ2n) is 6.33. The van der Waals surface area contributed by atoms with Gasteiger partial charge >= 0.3 is 5.97 Å². The summed E-state index contributed by atoms with van der Waals surface area (Å²) in [5.74, 6) is -2.00. The minimum Gasteiger partial charge on any atom is -0.480 e. The van der Waals surface area contributed by atoms with Crippen LogP contribution in [0.25, 0.3) is 0 Å². The zero-order valence-electron chi connectivity index (χ0n) is 14.5. The molecule has 2 N–H and O–H groups in total. The van der Waals surface area contributed by atoms with Gasteiger partial charge in [-0.15, -0.1) is 5.10 Å². The number of benzene rings is 1. The van der Waals surface area contributed by atoms with E-state index in [4.69, 9.17) is 16.7 Å². The van der Waals surface area contributed by atoms with Gasteiger partial charge in [-0.1, -0.05) is 28.9 Å². The molecule has 1 aromatic heterocycles. The number of hydrogen-bond acceptors (Lipinski definition) is 5. The molecule has 2 atom stereocenters. The third-order valence-electron chi connectivity index (χ3n) is 4.44. The summed E-state index contributed by atoms with van der Waals surface area (Å²) in [4.78, 5) is 37.1. The number of carboxylic acid groups (broad SMARTS) is 1. The number of aliphatic carboxylic acids is 1. The summed E-state index contributed by atoms with van der Waals surface area (Å²) in [5, 5.41) is 19.5. The van der Waals surface area contributed by atoms with Crippen molar-refractivity contribution in [2.45, 2.75) is 25.6 Å². The number of rotatable bonds is 6. The molecule has 0 radical (unpaired) electrons. The fourth-order valence-corrected chi connectivity index (χ4v) is 3.39. The Morgan fingerprint density at radius 2 is 2.19 bits per heavy atom. The number of carbonyl (C=O) groups is 3. The van der Waals surface area contributed by atoms with Crippen LogP contribution in [0.5, 0.6) is 0 Å². The first-order valence-corrected chi connectivity index (χ1v) is 8.62. The Kier molecular flexibility index (Phi) is 5.41. The lowest BCUT2D eigenvalue weighted by molar-refractivity contribution is -0.138. The van der Waals surface area contributed by atoms with Crippen LogP contribution in [-0.2, 0) is 27.5 Å². The van der Waals surface area contributed by atoms with Crippen molar-refractivity contribution >= 4 is 29.4 Å². The van der Waals surface area contributed by atoms with Gasteiger partial charge in [0.15, 0.2) is 0 Å². The molecule has 1 aliphatic heterocycles. The Morgan fingerprint density at radius 3 is 2.89 bits per heavy atom. The van der Waals surface area contributed by atoms with Gasteiger partial charge < -0.3 is 15.3 Å². The van der Waals surface area contributed by atoms with E-state index in [-0.39, 0.29) is 31.3 Å². The minimum atomic E-state index is -1.03. The minimum absolute atomic E-state index is 0.0924. The van der Waals surface area contributed by atoms with E-state index in [0.717, 1.165) is 5.56 Å². The molecule has 2 heterocycles. The maximum absolute atomic E-state index is 12.7.